The highest BCUT2D eigenvalue weighted by atomic mass is 16.5. The number of aryl methyl sites for hydroxylation is 2. The Balaban J connectivity index is 1.76. The summed E-state index contributed by atoms with van der Waals surface area (Å²) in [4.78, 5) is 12.4. The normalized spacial score (nSPS) is 16.4. The molecule has 0 saturated heterocycles. The second-order valence-electron chi connectivity index (χ2n) is 5.17. The Morgan fingerprint density at radius 2 is 1.80 bits per heavy atom. The minimum Gasteiger partial charge on any atom is -0.480 e. The van der Waals surface area contributed by atoms with E-state index in [1.54, 1.807) is 0 Å². The monoisotopic (exact) mass is 267 g/mol. The van der Waals surface area contributed by atoms with Gasteiger partial charge in [0.1, 0.15) is 5.75 Å². The van der Waals surface area contributed by atoms with Crippen LogP contribution < -0.4 is 10.1 Å². The van der Waals surface area contributed by atoms with Crippen molar-refractivity contribution >= 4 is 11.6 Å². The molecule has 2 aromatic rings. The van der Waals surface area contributed by atoms with Crippen LogP contribution in [-0.4, -0.2) is 12.0 Å². The first-order valence-electron chi connectivity index (χ1n) is 6.77. The van der Waals surface area contributed by atoms with Crippen LogP contribution in [0.2, 0.25) is 0 Å². The summed E-state index contributed by atoms with van der Waals surface area (Å²) in [6.07, 6.45) is 0.193. The van der Waals surface area contributed by atoms with Crippen LogP contribution in [0.1, 0.15) is 16.7 Å². The lowest BCUT2D eigenvalue weighted by Gasteiger charge is -2.15. The van der Waals surface area contributed by atoms with E-state index in [0.717, 1.165) is 28.1 Å². The van der Waals surface area contributed by atoms with Gasteiger partial charge in [-0.1, -0.05) is 36.4 Å². The average Bonchev–Trinajstić information content (AvgIpc) is 2.87. The maximum absolute atomic E-state index is 12.4. The van der Waals surface area contributed by atoms with Crippen molar-refractivity contribution in [1.29, 1.82) is 0 Å². The molecule has 0 saturated carbocycles. The molecule has 0 fully saturated rings. The number of carbonyl (C=O) groups excluding carboxylic acids is 1. The van der Waals surface area contributed by atoms with Crippen LogP contribution in [0.3, 0.4) is 0 Å². The van der Waals surface area contributed by atoms with Gasteiger partial charge >= 0.3 is 0 Å². The number of rotatable bonds is 2. The van der Waals surface area contributed by atoms with E-state index in [1.807, 2.05) is 56.3 Å². The van der Waals surface area contributed by atoms with Crippen molar-refractivity contribution in [2.24, 2.45) is 0 Å². The van der Waals surface area contributed by atoms with Crippen molar-refractivity contribution in [3.8, 4) is 5.75 Å². The van der Waals surface area contributed by atoms with Crippen LogP contribution in [0.4, 0.5) is 5.69 Å². The topological polar surface area (TPSA) is 38.3 Å². The Kier molecular flexibility index (Phi) is 3.18. The minimum absolute atomic E-state index is 0.0846. The van der Waals surface area contributed by atoms with Gasteiger partial charge in [-0.3, -0.25) is 4.79 Å². The summed E-state index contributed by atoms with van der Waals surface area (Å²) in [6.45, 7) is 3.99. The number of carbonyl (C=O) groups is 1. The molecule has 0 unspecified atom stereocenters. The Bertz CT molecular complexity index is 619. The molecule has 1 heterocycles. The molecule has 3 heteroatoms. The van der Waals surface area contributed by atoms with Crippen LogP contribution in [-0.2, 0) is 11.2 Å². The Morgan fingerprint density at radius 3 is 2.50 bits per heavy atom. The van der Waals surface area contributed by atoms with Crippen LogP contribution in [0.25, 0.3) is 0 Å². The molecular formula is C17H17NO2. The molecule has 0 aromatic heterocycles. The van der Waals surface area contributed by atoms with Gasteiger partial charge in [0.05, 0.1) is 0 Å². The Morgan fingerprint density at radius 1 is 1.10 bits per heavy atom. The standard InChI is InChI=1S/C17H17NO2/c1-11-6-5-7-12(2)16(11)18-17(19)15-10-13-8-3-4-9-14(13)20-15/h3-9,15H,10H2,1-2H3,(H,18,19)/t15-/m0/s1. The number of nitrogens with one attached hydrogen (secondary N) is 1. The zero-order valence-electron chi connectivity index (χ0n) is 11.6. The Hall–Kier alpha value is -2.29. The third-order valence-electron chi connectivity index (χ3n) is 3.67. The molecule has 3 nitrogen and oxygen atoms in total. The van der Waals surface area contributed by atoms with E-state index in [0.29, 0.717) is 6.42 Å². The van der Waals surface area contributed by atoms with Crippen molar-refractivity contribution < 1.29 is 9.53 Å². The van der Waals surface area contributed by atoms with Crippen molar-refractivity contribution in [2.45, 2.75) is 26.4 Å². The molecule has 3 rings (SSSR count). The van der Waals surface area contributed by atoms with Crippen molar-refractivity contribution in [2.75, 3.05) is 5.32 Å². The van der Waals surface area contributed by atoms with Gasteiger partial charge < -0.3 is 10.1 Å². The number of fused-ring (bicyclic) bond motifs is 1. The summed E-state index contributed by atoms with van der Waals surface area (Å²) >= 11 is 0. The summed E-state index contributed by atoms with van der Waals surface area (Å²) in [5.74, 6) is 0.729. The maximum atomic E-state index is 12.4. The van der Waals surface area contributed by atoms with E-state index in [2.05, 4.69) is 5.32 Å². The lowest BCUT2D eigenvalue weighted by atomic mass is 10.1. The van der Waals surface area contributed by atoms with Crippen LogP contribution in [0.15, 0.2) is 42.5 Å². The number of hydrogen-bond donors (Lipinski definition) is 1. The number of hydrogen-bond acceptors (Lipinski definition) is 2. The fourth-order valence-electron chi connectivity index (χ4n) is 2.54. The predicted octanol–water partition coefficient (Wildman–Crippen LogP) is 3.25. The zero-order valence-corrected chi connectivity index (χ0v) is 11.6. The summed E-state index contributed by atoms with van der Waals surface area (Å²) in [5, 5.41) is 2.99. The van der Waals surface area contributed by atoms with Gasteiger partial charge in [-0.25, -0.2) is 0 Å². The molecular weight excluding hydrogens is 250 g/mol. The first kappa shape index (κ1) is 12.7. The molecule has 1 aliphatic heterocycles. The average molecular weight is 267 g/mol. The quantitative estimate of drug-likeness (QED) is 0.907. The summed E-state index contributed by atoms with van der Waals surface area (Å²) in [7, 11) is 0. The first-order valence-corrected chi connectivity index (χ1v) is 6.77. The van der Waals surface area contributed by atoms with E-state index in [-0.39, 0.29) is 5.91 Å². The number of para-hydroxylation sites is 2. The minimum atomic E-state index is -0.439. The molecule has 0 aliphatic carbocycles. The highest BCUT2D eigenvalue weighted by Gasteiger charge is 2.29. The molecule has 1 amide bonds. The number of benzene rings is 2. The number of amides is 1. The van der Waals surface area contributed by atoms with E-state index < -0.39 is 6.10 Å². The maximum Gasteiger partial charge on any atom is 0.265 e. The van der Waals surface area contributed by atoms with E-state index >= 15 is 0 Å². The SMILES string of the molecule is Cc1cccc(C)c1NC(=O)[C@@H]1Cc2ccccc2O1. The second-order valence-corrected chi connectivity index (χ2v) is 5.17. The third kappa shape index (κ3) is 2.27. The molecule has 20 heavy (non-hydrogen) atoms. The number of anilines is 1. The molecule has 1 aliphatic rings. The van der Waals surface area contributed by atoms with E-state index in [4.69, 9.17) is 4.74 Å². The van der Waals surface area contributed by atoms with Crippen molar-refractivity contribution in [3.05, 3.63) is 59.2 Å². The summed E-state index contributed by atoms with van der Waals surface area (Å²) in [5.41, 5.74) is 4.11. The van der Waals surface area contributed by atoms with Gasteiger partial charge in [0.15, 0.2) is 6.10 Å². The number of ether oxygens (including phenoxy) is 1. The van der Waals surface area contributed by atoms with Gasteiger partial charge in [-0.05, 0) is 36.6 Å². The van der Waals surface area contributed by atoms with Gasteiger partial charge in [0, 0.05) is 12.1 Å². The molecule has 102 valence electrons. The smallest absolute Gasteiger partial charge is 0.265 e. The molecule has 1 N–H and O–H groups in total. The molecule has 2 aromatic carbocycles. The molecule has 0 bridgehead atoms. The lowest BCUT2D eigenvalue weighted by molar-refractivity contribution is -0.122. The lowest BCUT2D eigenvalue weighted by Crippen LogP contribution is -2.31. The highest BCUT2D eigenvalue weighted by Crippen LogP contribution is 2.29. The van der Waals surface area contributed by atoms with Crippen molar-refractivity contribution in [3.63, 3.8) is 0 Å². The first-order chi connectivity index (χ1) is 9.65. The van der Waals surface area contributed by atoms with Crippen LogP contribution >= 0.6 is 0 Å². The van der Waals surface area contributed by atoms with Crippen LogP contribution in [0.5, 0.6) is 5.75 Å². The van der Waals surface area contributed by atoms with Gasteiger partial charge in [0.2, 0.25) is 0 Å². The fourth-order valence-corrected chi connectivity index (χ4v) is 2.54. The van der Waals surface area contributed by atoms with E-state index in [9.17, 15) is 4.79 Å². The van der Waals surface area contributed by atoms with Gasteiger partial charge in [-0.15, -0.1) is 0 Å². The van der Waals surface area contributed by atoms with E-state index in [1.165, 1.54) is 0 Å². The summed E-state index contributed by atoms with van der Waals surface area (Å²) in [6, 6.07) is 13.8. The highest BCUT2D eigenvalue weighted by molar-refractivity contribution is 5.96. The molecule has 1 atom stereocenters. The third-order valence-corrected chi connectivity index (χ3v) is 3.67. The van der Waals surface area contributed by atoms with Gasteiger partial charge in [-0.2, -0.15) is 0 Å². The molecule has 0 radical (unpaired) electrons. The molecule has 0 spiro atoms. The summed E-state index contributed by atoms with van der Waals surface area (Å²) < 4.78 is 5.71. The fraction of sp³-hybridized carbons (Fsp3) is 0.235. The van der Waals surface area contributed by atoms with Gasteiger partial charge in [0.25, 0.3) is 5.91 Å². The second kappa shape index (κ2) is 5.00. The predicted molar refractivity (Wildman–Crippen MR) is 79.1 cm³/mol. The Labute approximate surface area is 118 Å². The van der Waals surface area contributed by atoms with Crippen molar-refractivity contribution in [1.82, 2.24) is 0 Å². The zero-order chi connectivity index (χ0) is 14.1. The largest absolute Gasteiger partial charge is 0.480 e. The van der Waals surface area contributed by atoms with Crippen LogP contribution in [0, 0.1) is 13.8 Å².